The highest BCUT2D eigenvalue weighted by molar-refractivity contribution is 7.88. The average molecular weight is 637 g/mol. The Hall–Kier alpha value is -2.93. The van der Waals surface area contributed by atoms with E-state index in [4.69, 9.17) is 0 Å². The predicted molar refractivity (Wildman–Crippen MR) is 167 cm³/mol. The van der Waals surface area contributed by atoms with Crippen molar-refractivity contribution >= 4 is 21.8 Å². The molecule has 9 nitrogen and oxygen atoms in total. The summed E-state index contributed by atoms with van der Waals surface area (Å²) < 4.78 is 53.0. The summed E-state index contributed by atoms with van der Waals surface area (Å²) in [5.41, 5.74) is 1.64. The van der Waals surface area contributed by atoms with Crippen molar-refractivity contribution in [3.63, 3.8) is 0 Å². The molecular formula is C32H46F2N4O5S. The monoisotopic (exact) mass is 636 g/mol. The van der Waals surface area contributed by atoms with Gasteiger partial charge in [-0.2, -0.15) is 0 Å². The van der Waals surface area contributed by atoms with Crippen LogP contribution in [0, 0.1) is 24.5 Å². The molecule has 44 heavy (non-hydrogen) atoms. The van der Waals surface area contributed by atoms with Crippen LogP contribution in [0.15, 0.2) is 36.4 Å². The number of aryl methyl sites for hydroxylation is 1. The predicted octanol–water partition coefficient (Wildman–Crippen LogP) is 3.50. The lowest BCUT2D eigenvalue weighted by Gasteiger charge is -2.31. The molecule has 1 heterocycles. The summed E-state index contributed by atoms with van der Waals surface area (Å²) in [5.74, 6) is -1.99. The van der Waals surface area contributed by atoms with Gasteiger partial charge in [0.25, 0.3) is 11.8 Å². The van der Waals surface area contributed by atoms with Crippen LogP contribution < -0.4 is 10.6 Å². The Balaban J connectivity index is 1.74. The second kappa shape index (κ2) is 16.4. The molecule has 0 bridgehead atoms. The number of amides is 2. The molecule has 1 aliphatic heterocycles. The van der Waals surface area contributed by atoms with Gasteiger partial charge in [-0.1, -0.05) is 13.8 Å². The summed E-state index contributed by atoms with van der Waals surface area (Å²) in [4.78, 5) is 28.5. The van der Waals surface area contributed by atoms with E-state index in [1.165, 1.54) is 16.6 Å². The molecule has 3 N–H and O–H groups in total. The number of nitrogens with one attached hydrogen (secondary N) is 2. The number of carbonyl (C=O) groups excluding carboxylic acids is 2. The van der Waals surface area contributed by atoms with Crippen molar-refractivity contribution in [2.45, 2.75) is 65.0 Å². The van der Waals surface area contributed by atoms with Crippen LogP contribution in [0.1, 0.15) is 71.4 Å². The van der Waals surface area contributed by atoms with E-state index < -0.39 is 39.7 Å². The molecule has 2 unspecified atom stereocenters. The van der Waals surface area contributed by atoms with Gasteiger partial charge in [-0.15, -0.1) is 0 Å². The summed E-state index contributed by atoms with van der Waals surface area (Å²) in [6.45, 7) is 8.50. The lowest BCUT2D eigenvalue weighted by Crippen LogP contribution is -2.49. The van der Waals surface area contributed by atoms with E-state index in [2.05, 4.69) is 10.6 Å². The van der Waals surface area contributed by atoms with Crippen molar-refractivity contribution < 1.29 is 31.9 Å². The Labute approximate surface area is 260 Å². The van der Waals surface area contributed by atoms with E-state index in [0.717, 1.165) is 36.6 Å². The van der Waals surface area contributed by atoms with Gasteiger partial charge in [0, 0.05) is 49.9 Å². The van der Waals surface area contributed by atoms with Gasteiger partial charge in [-0.25, -0.2) is 21.5 Å². The quantitative estimate of drug-likeness (QED) is 0.276. The Morgan fingerprint density at radius 3 is 2.16 bits per heavy atom. The third-order valence-electron chi connectivity index (χ3n) is 7.85. The van der Waals surface area contributed by atoms with Gasteiger partial charge in [-0.3, -0.25) is 9.59 Å². The van der Waals surface area contributed by atoms with Crippen LogP contribution in [0.2, 0.25) is 0 Å². The van der Waals surface area contributed by atoms with Crippen LogP contribution in [0.5, 0.6) is 0 Å². The molecular weight excluding hydrogens is 590 g/mol. The number of aliphatic hydroxyl groups excluding tert-OH is 1. The van der Waals surface area contributed by atoms with Gasteiger partial charge in [-0.05, 0) is 92.9 Å². The second-order valence-electron chi connectivity index (χ2n) is 11.8. The molecule has 0 aromatic heterocycles. The highest BCUT2D eigenvalue weighted by Gasteiger charge is 2.27. The van der Waals surface area contributed by atoms with Gasteiger partial charge in [0.2, 0.25) is 10.0 Å². The SMILES string of the molecule is CCCN(CCC)C(=O)c1cc(C)cc(C(=O)NC(Cc2cc(F)cc(F)c2)C(O)CNCC2CCN(S(C)(=O)=O)CC2)c1. The largest absolute Gasteiger partial charge is 0.390 e. The lowest BCUT2D eigenvalue weighted by atomic mass is 9.97. The molecule has 2 amide bonds. The molecule has 0 aliphatic carbocycles. The first-order valence-electron chi connectivity index (χ1n) is 15.3. The van der Waals surface area contributed by atoms with Gasteiger partial charge in [0.15, 0.2) is 0 Å². The molecule has 0 spiro atoms. The molecule has 2 aromatic carbocycles. The van der Waals surface area contributed by atoms with Gasteiger partial charge < -0.3 is 20.6 Å². The minimum atomic E-state index is -3.23. The van der Waals surface area contributed by atoms with E-state index in [1.54, 1.807) is 24.0 Å². The molecule has 2 aromatic rings. The second-order valence-corrected chi connectivity index (χ2v) is 13.8. The van der Waals surface area contributed by atoms with E-state index in [0.29, 0.717) is 51.1 Å². The number of halogens is 2. The number of aliphatic hydroxyl groups is 1. The molecule has 3 rings (SSSR count). The highest BCUT2D eigenvalue weighted by atomic mass is 32.2. The van der Waals surface area contributed by atoms with Gasteiger partial charge in [0.05, 0.1) is 18.4 Å². The van der Waals surface area contributed by atoms with Crippen LogP contribution in [-0.2, 0) is 16.4 Å². The Kier molecular flexibility index (Phi) is 13.2. The minimum absolute atomic E-state index is 0.0333. The fraction of sp³-hybridized carbons (Fsp3) is 0.562. The molecule has 0 saturated carbocycles. The fourth-order valence-corrected chi connectivity index (χ4v) is 6.49. The summed E-state index contributed by atoms with van der Waals surface area (Å²) in [5, 5.41) is 17.2. The van der Waals surface area contributed by atoms with E-state index in [9.17, 15) is 31.9 Å². The number of hydrogen-bond donors (Lipinski definition) is 3. The van der Waals surface area contributed by atoms with Crippen molar-refractivity contribution in [1.29, 1.82) is 0 Å². The Morgan fingerprint density at radius 1 is 1.00 bits per heavy atom. The number of hydrogen-bond acceptors (Lipinski definition) is 6. The van der Waals surface area contributed by atoms with Crippen molar-refractivity contribution in [3.05, 3.63) is 70.3 Å². The first-order chi connectivity index (χ1) is 20.8. The van der Waals surface area contributed by atoms with Gasteiger partial charge >= 0.3 is 0 Å². The fourth-order valence-electron chi connectivity index (χ4n) is 5.62. The van der Waals surface area contributed by atoms with E-state index >= 15 is 0 Å². The third-order valence-corrected chi connectivity index (χ3v) is 9.15. The summed E-state index contributed by atoms with van der Waals surface area (Å²) in [6, 6.07) is 7.12. The topological polar surface area (TPSA) is 119 Å². The third kappa shape index (κ3) is 10.6. The number of nitrogens with zero attached hydrogens (tertiary/aromatic N) is 2. The summed E-state index contributed by atoms with van der Waals surface area (Å²) in [6.07, 6.45) is 3.02. The average Bonchev–Trinajstić information content (AvgIpc) is 2.95. The van der Waals surface area contributed by atoms with Crippen molar-refractivity contribution in [2.24, 2.45) is 5.92 Å². The normalized spacial score (nSPS) is 16.0. The Morgan fingerprint density at radius 2 is 1.59 bits per heavy atom. The number of sulfonamides is 1. The number of rotatable bonds is 15. The van der Waals surface area contributed by atoms with Crippen LogP contribution in [0.3, 0.4) is 0 Å². The van der Waals surface area contributed by atoms with Crippen molar-refractivity contribution in [2.75, 3.05) is 45.5 Å². The maximum atomic E-state index is 14.0. The minimum Gasteiger partial charge on any atom is -0.390 e. The number of piperidine rings is 1. The molecule has 1 fully saturated rings. The molecule has 12 heteroatoms. The number of carbonyl (C=O) groups is 2. The molecule has 2 atom stereocenters. The lowest BCUT2D eigenvalue weighted by molar-refractivity contribution is 0.0755. The van der Waals surface area contributed by atoms with E-state index in [1.807, 2.05) is 13.8 Å². The standard InChI is InChI=1S/C32H46F2N4O5S/c1-5-9-37(10-6-2)32(41)26-14-22(3)13-25(18-26)31(40)36-29(17-24-15-27(33)19-28(34)16-24)30(39)21-35-20-23-7-11-38(12-8-23)44(4,42)43/h13-16,18-19,23,29-30,35,39H,5-12,17,20-21H2,1-4H3,(H,36,40). The van der Waals surface area contributed by atoms with Crippen molar-refractivity contribution in [1.82, 2.24) is 19.8 Å². The van der Waals surface area contributed by atoms with E-state index in [-0.39, 0.29) is 35.9 Å². The molecule has 1 aliphatic rings. The summed E-state index contributed by atoms with van der Waals surface area (Å²) in [7, 11) is -3.23. The molecule has 1 saturated heterocycles. The van der Waals surface area contributed by atoms with Crippen LogP contribution in [0.4, 0.5) is 8.78 Å². The van der Waals surface area contributed by atoms with Crippen LogP contribution >= 0.6 is 0 Å². The van der Waals surface area contributed by atoms with Crippen LogP contribution in [-0.4, -0.2) is 92.2 Å². The van der Waals surface area contributed by atoms with Gasteiger partial charge in [0.1, 0.15) is 11.6 Å². The van der Waals surface area contributed by atoms with Crippen molar-refractivity contribution in [3.8, 4) is 0 Å². The maximum Gasteiger partial charge on any atom is 0.253 e. The highest BCUT2D eigenvalue weighted by Crippen LogP contribution is 2.19. The molecule has 244 valence electrons. The summed E-state index contributed by atoms with van der Waals surface area (Å²) >= 11 is 0. The maximum absolute atomic E-state index is 14.0. The first kappa shape index (κ1) is 35.5. The van der Waals surface area contributed by atoms with Crippen LogP contribution in [0.25, 0.3) is 0 Å². The molecule has 0 radical (unpaired) electrons. The zero-order chi connectivity index (χ0) is 32.4. The smallest absolute Gasteiger partial charge is 0.253 e. The zero-order valence-corrected chi connectivity index (χ0v) is 26.9. The first-order valence-corrected chi connectivity index (χ1v) is 17.2. The zero-order valence-electron chi connectivity index (χ0n) is 26.1. The Bertz CT molecular complexity index is 1360. The number of benzene rings is 2.